The van der Waals surface area contributed by atoms with Crippen molar-refractivity contribution in [1.29, 1.82) is 0 Å². The van der Waals surface area contributed by atoms with Gasteiger partial charge in [-0.2, -0.15) is 0 Å². The topological polar surface area (TPSA) is 12.0 Å². The molecule has 0 radical (unpaired) electrons. The third-order valence-corrected chi connectivity index (χ3v) is 3.67. The minimum atomic E-state index is 0.644. The van der Waals surface area contributed by atoms with E-state index in [1.165, 1.54) is 18.4 Å². The van der Waals surface area contributed by atoms with E-state index in [1.807, 2.05) is 39.8 Å². The van der Waals surface area contributed by atoms with Gasteiger partial charge in [0.1, 0.15) is 0 Å². The molecule has 0 bridgehead atoms. The first-order chi connectivity index (χ1) is 9.74. The van der Waals surface area contributed by atoms with Crippen molar-refractivity contribution in [1.82, 2.24) is 5.32 Å². The summed E-state index contributed by atoms with van der Waals surface area (Å²) in [5, 5.41) is 3.49. The summed E-state index contributed by atoms with van der Waals surface area (Å²) in [7, 11) is 0. The van der Waals surface area contributed by atoms with Gasteiger partial charge in [0.15, 0.2) is 0 Å². The summed E-state index contributed by atoms with van der Waals surface area (Å²) >= 11 is 0. The molecular formula is C19H37N. The molecule has 0 aromatic rings. The highest BCUT2D eigenvalue weighted by Gasteiger charge is 2.31. The van der Waals surface area contributed by atoms with Gasteiger partial charge in [0.2, 0.25) is 0 Å². The maximum atomic E-state index is 3.94. The van der Waals surface area contributed by atoms with Crippen molar-refractivity contribution in [3.8, 4) is 0 Å². The van der Waals surface area contributed by atoms with Crippen LogP contribution in [0.25, 0.3) is 0 Å². The zero-order valence-corrected chi connectivity index (χ0v) is 14.7. The molecule has 0 aromatic heterocycles. The van der Waals surface area contributed by atoms with Crippen LogP contribution in [0, 0.1) is 17.8 Å². The Hall–Kier alpha value is -0.820. The average Bonchev–Trinajstić information content (AvgIpc) is 2.93. The van der Waals surface area contributed by atoms with E-state index < -0.39 is 0 Å². The SMILES string of the molecule is C=C/C=C(\C=C)C(CCC)C1CNCC1C.CC.CC. The monoisotopic (exact) mass is 279 g/mol. The number of rotatable bonds is 6. The van der Waals surface area contributed by atoms with Crippen molar-refractivity contribution in [2.24, 2.45) is 17.8 Å². The lowest BCUT2D eigenvalue weighted by molar-refractivity contribution is 0.320. The van der Waals surface area contributed by atoms with Crippen molar-refractivity contribution in [3.05, 3.63) is 37.0 Å². The average molecular weight is 280 g/mol. The standard InChI is InChI=1S/C15H25N.2C2H6/c1-5-8-13(7-3)14(9-6-2)15-11-16-10-12(15)4;2*1-2/h5,7-8,12,14-16H,1,3,6,9-11H2,2,4H3;2*1-2H3/b13-8+;;. The first-order valence-electron chi connectivity index (χ1n) is 8.40. The molecule has 0 spiro atoms. The molecule has 0 amide bonds. The number of allylic oxidation sites excluding steroid dienone is 4. The zero-order chi connectivity index (χ0) is 16.0. The van der Waals surface area contributed by atoms with E-state index >= 15 is 0 Å². The Bertz CT molecular complexity index is 265. The summed E-state index contributed by atoms with van der Waals surface area (Å²) in [6.45, 7) is 22.7. The Balaban J connectivity index is 0. The van der Waals surface area contributed by atoms with Crippen LogP contribution in [0.2, 0.25) is 0 Å². The zero-order valence-electron chi connectivity index (χ0n) is 14.7. The highest BCUT2D eigenvalue weighted by molar-refractivity contribution is 5.25. The van der Waals surface area contributed by atoms with Gasteiger partial charge in [0.25, 0.3) is 0 Å². The van der Waals surface area contributed by atoms with Gasteiger partial charge in [-0.1, -0.05) is 79.3 Å². The minimum absolute atomic E-state index is 0.644. The van der Waals surface area contributed by atoms with Gasteiger partial charge in [-0.25, -0.2) is 0 Å². The molecule has 1 rings (SSSR count). The number of hydrogen-bond donors (Lipinski definition) is 1. The minimum Gasteiger partial charge on any atom is -0.316 e. The lowest BCUT2D eigenvalue weighted by atomic mass is 9.77. The summed E-state index contributed by atoms with van der Waals surface area (Å²) < 4.78 is 0. The van der Waals surface area contributed by atoms with E-state index in [9.17, 15) is 0 Å². The maximum Gasteiger partial charge on any atom is -0.00115 e. The first kappa shape index (κ1) is 21.5. The molecule has 3 atom stereocenters. The van der Waals surface area contributed by atoms with Gasteiger partial charge in [-0.15, -0.1) is 0 Å². The third-order valence-electron chi connectivity index (χ3n) is 3.67. The van der Waals surface area contributed by atoms with Crippen LogP contribution in [0.3, 0.4) is 0 Å². The van der Waals surface area contributed by atoms with E-state index in [2.05, 4.69) is 38.4 Å². The Labute approximate surface area is 128 Å². The first-order valence-corrected chi connectivity index (χ1v) is 8.40. The fourth-order valence-electron chi connectivity index (χ4n) is 2.79. The molecule has 0 aromatic carbocycles. The molecular weight excluding hydrogens is 242 g/mol. The lowest BCUT2D eigenvalue weighted by Crippen LogP contribution is -2.22. The second-order valence-corrected chi connectivity index (χ2v) is 4.80. The van der Waals surface area contributed by atoms with Crippen LogP contribution >= 0.6 is 0 Å². The summed E-state index contributed by atoms with van der Waals surface area (Å²) in [6.07, 6.45) is 8.50. The normalized spacial score (nSPS) is 22.8. The smallest absolute Gasteiger partial charge is 0.00115 e. The van der Waals surface area contributed by atoms with Crippen LogP contribution < -0.4 is 5.32 Å². The van der Waals surface area contributed by atoms with E-state index in [1.54, 1.807) is 0 Å². The van der Waals surface area contributed by atoms with Gasteiger partial charge in [-0.3, -0.25) is 0 Å². The molecule has 1 N–H and O–H groups in total. The van der Waals surface area contributed by atoms with Gasteiger partial charge >= 0.3 is 0 Å². The van der Waals surface area contributed by atoms with Crippen LogP contribution in [0.5, 0.6) is 0 Å². The van der Waals surface area contributed by atoms with E-state index in [0.717, 1.165) is 24.9 Å². The highest BCUT2D eigenvalue weighted by Crippen LogP contribution is 2.33. The Morgan fingerprint density at radius 2 is 1.80 bits per heavy atom. The molecule has 0 saturated carbocycles. The summed E-state index contributed by atoms with van der Waals surface area (Å²) in [6, 6.07) is 0. The molecule has 3 unspecified atom stereocenters. The molecule has 20 heavy (non-hydrogen) atoms. The molecule has 1 saturated heterocycles. The number of hydrogen-bond acceptors (Lipinski definition) is 1. The fourth-order valence-corrected chi connectivity index (χ4v) is 2.79. The Morgan fingerprint density at radius 1 is 1.20 bits per heavy atom. The summed E-state index contributed by atoms with van der Waals surface area (Å²) in [4.78, 5) is 0. The van der Waals surface area contributed by atoms with Crippen molar-refractivity contribution in [2.45, 2.75) is 54.4 Å². The largest absolute Gasteiger partial charge is 0.316 e. The Kier molecular flexibility index (Phi) is 15.7. The summed E-state index contributed by atoms with van der Waals surface area (Å²) in [5.74, 6) is 2.17. The highest BCUT2D eigenvalue weighted by atomic mass is 14.9. The number of nitrogens with one attached hydrogen (secondary N) is 1. The third kappa shape index (κ3) is 7.09. The predicted molar refractivity (Wildman–Crippen MR) is 95.1 cm³/mol. The van der Waals surface area contributed by atoms with Crippen LogP contribution in [0.1, 0.15) is 54.4 Å². The maximum absolute atomic E-state index is 3.94. The van der Waals surface area contributed by atoms with E-state index in [-0.39, 0.29) is 0 Å². The molecule has 1 aliphatic heterocycles. The molecule has 1 nitrogen and oxygen atoms in total. The van der Waals surface area contributed by atoms with Crippen molar-refractivity contribution in [2.75, 3.05) is 13.1 Å². The van der Waals surface area contributed by atoms with Crippen LogP contribution in [-0.2, 0) is 0 Å². The second kappa shape index (κ2) is 14.6. The quantitative estimate of drug-likeness (QED) is 0.623. The second-order valence-electron chi connectivity index (χ2n) is 4.80. The van der Waals surface area contributed by atoms with Crippen molar-refractivity contribution < 1.29 is 0 Å². The lowest BCUT2D eigenvalue weighted by Gasteiger charge is -2.27. The van der Waals surface area contributed by atoms with Gasteiger partial charge in [0.05, 0.1) is 0 Å². The van der Waals surface area contributed by atoms with E-state index in [4.69, 9.17) is 0 Å². The van der Waals surface area contributed by atoms with Gasteiger partial charge in [0, 0.05) is 0 Å². The van der Waals surface area contributed by atoms with E-state index in [0.29, 0.717) is 5.92 Å². The molecule has 118 valence electrons. The summed E-state index contributed by atoms with van der Waals surface area (Å²) in [5.41, 5.74) is 1.36. The van der Waals surface area contributed by atoms with Crippen LogP contribution in [0.4, 0.5) is 0 Å². The molecule has 1 heteroatoms. The van der Waals surface area contributed by atoms with Crippen LogP contribution in [-0.4, -0.2) is 13.1 Å². The molecule has 1 heterocycles. The molecule has 1 aliphatic rings. The molecule has 0 aliphatic carbocycles. The Morgan fingerprint density at radius 3 is 2.15 bits per heavy atom. The van der Waals surface area contributed by atoms with Gasteiger partial charge in [-0.05, 0) is 42.8 Å². The van der Waals surface area contributed by atoms with Gasteiger partial charge < -0.3 is 5.32 Å². The van der Waals surface area contributed by atoms with Crippen LogP contribution in [0.15, 0.2) is 37.0 Å². The predicted octanol–water partition coefficient (Wildman–Crippen LogP) is 5.61. The van der Waals surface area contributed by atoms with Crippen molar-refractivity contribution in [3.63, 3.8) is 0 Å². The van der Waals surface area contributed by atoms with Crippen molar-refractivity contribution >= 4 is 0 Å². The fraction of sp³-hybridized carbons (Fsp3) is 0.684. The molecule has 1 fully saturated rings.